The van der Waals surface area contributed by atoms with Crippen molar-refractivity contribution in [2.45, 2.75) is 58.1 Å². The van der Waals surface area contributed by atoms with Crippen LogP contribution in [0.2, 0.25) is 0 Å². The van der Waals surface area contributed by atoms with Crippen LogP contribution in [0.25, 0.3) is 0 Å². The Labute approximate surface area is 135 Å². The highest BCUT2D eigenvalue weighted by molar-refractivity contribution is 5.90. The summed E-state index contributed by atoms with van der Waals surface area (Å²) in [6.07, 6.45) is -0.156. The van der Waals surface area contributed by atoms with E-state index >= 15 is 0 Å². The molecule has 0 aliphatic carbocycles. The Hall–Kier alpha value is -2.11. The molecule has 0 aromatic heterocycles. The Kier molecular flexibility index (Phi) is 4.63. The van der Waals surface area contributed by atoms with E-state index in [4.69, 9.17) is 9.84 Å². The number of anilines is 1. The highest BCUT2D eigenvalue weighted by Gasteiger charge is 2.36. The fourth-order valence-electron chi connectivity index (χ4n) is 2.95. The quantitative estimate of drug-likeness (QED) is 0.896. The van der Waals surface area contributed by atoms with Crippen LogP contribution >= 0.6 is 0 Å². The first-order chi connectivity index (χ1) is 10.6. The number of amides is 1. The third kappa shape index (κ3) is 4.00. The van der Waals surface area contributed by atoms with Gasteiger partial charge in [0.1, 0.15) is 11.4 Å². The van der Waals surface area contributed by atoms with Gasteiger partial charge in [0.25, 0.3) is 0 Å². The second kappa shape index (κ2) is 6.18. The summed E-state index contributed by atoms with van der Waals surface area (Å²) in [5.74, 6) is -1.71. The summed E-state index contributed by atoms with van der Waals surface area (Å²) in [5.41, 5.74) is 0.413. The molecule has 0 saturated carbocycles. The number of ether oxygens (including phenoxy) is 1. The predicted octanol–water partition coefficient (Wildman–Crippen LogP) is 3.92. The van der Waals surface area contributed by atoms with E-state index in [0.717, 1.165) is 0 Å². The highest BCUT2D eigenvalue weighted by Crippen LogP contribution is 2.41. The molecule has 1 aliphatic heterocycles. The van der Waals surface area contributed by atoms with Crippen molar-refractivity contribution in [1.82, 2.24) is 0 Å². The van der Waals surface area contributed by atoms with Gasteiger partial charge in [0.05, 0.1) is 12.1 Å². The average Bonchev–Trinajstić information content (AvgIpc) is 2.36. The zero-order valence-corrected chi connectivity index (χ0v) is 13.8. The number of benzene rings is 1. The van der Waals surface area contributed by atoms with Crippen molar-refractivity contribution < 1.29 is 23.8 Å². The van der Waals surface area contributed by atoms with Crippen LogP contribution in [-0.4, -0.2) is 28.8 Å². The van der Waals surface area contributed by atoms with Gasteiger partial charge in [0, 0.05) is 6.04 Å². The van der Waals surface area contributed by atoms with Crippen molar-refractivity contribution in [3.8, 4) is 0 Å². The van der Waals surface area contributed by atoms with Crippen LogP contribution in [0.1, 0.15) is 52.0 Å². The van der Waals surface area contributed by atoms with Gasteiger partial charge in [-0.15, -0.1) is 0 Å². The van der Waals surface area contributed by atoms with Crippen molar-refractivity contribution in [2.75, 3.05) is 4.90 Å². The SMILES string of the molecule is CC1CC(CC(=O)O)c2cc(F)ccc2N1C(=O)OC(C)(C)C. The van der Waals surface area contributed by atoms with Crippen LogP contribution in [0.15, 0.2) is 18.2 Å². The van der Waals surface area contributed by atoms with Crippen LogP contribution < -0.4 is 4.90 Å². The molecule has 6 heteroatoms. The number of hydrogen-bond donors (Lipinski definition) is 1. The van der Waals surface area contributed by atoms with Gasteiger partial charge in [-0.3, -0.25) is 9.69 Å². The minimum absolute atomic E-state index is 0.0943. The van der Waals surface area contributed by atoms with Crippen molar-refractivity contribution in [1.29, 1.82) is 0 Å². The number of rotatable bonds is 2. The van der Waals surface area contributed by atoms with Crippen molar-refractivity contribution >= 4 is 17.7 Å². The van der Waals surface area contributed by atoms with Crippen LogP contribution in [0, 0.1) is 5.82 Å². The molecule has 5 nitrogen and oxygen atoms in total. The van der Waals surface area contributed by atoms with Gasteiger partial charge >= 0.3 is 12.1 Å². The van der Waals surface area contributed by atoms with Crippen LogP contribution in [0.4, 0.5) is 14.9 Å². The summed E-state index contributed by atoms with van der Waals surface area (Å²) in [4.78, 5) is 25.1. The monoisotopic (exact) mass is 323 g/mol. The lowest BCUT2D eigenvalue weighted by Gasteiger charge is -2.39. The molecular formula is C17H22FNO4. The molecule has 2 unspecified atom stereocenters. The Morgan fingerprint density at radius 2 is 2.04 bits per heavy atom. The Morgan fingerprint density at radius 3 is 2.61 bits per heavy atom. The lowest BCUT2D eigenvalue weighted by Crippen LogP contribution is -2.46. The van der Waals surface area contributed by atoms with Crippen LogP contribution in [0.5, 0.6) is 0 Å². The molecule has 1 aliphatic rings. The number of carboxylic acids is 1. The summed E-state index contributed by atoms with van der Waals surface area (Å²) in [5, 5.41) is 9.08. The van der Waals surface area contributed by atoms with Crippen LogP contribution in [-0.2, 0) is 9.53 Å². The van der Waals surface area contributed by atoms with E-state index < -0.39 is 23.5 Å². The van der Waals surface area contributed by atoms with Gasteiger partial charge in [-0.25, -0.2) is 9.18 Å². The Morgan fingerprint density at radius 1 is 1.39 bits per heavy atom. The Bertz CT molecular complexity index is 624. The van der Waals surface area contributed by atoms with Gasteiger partial charge in [-0.1, -0.05) is 0 Å². The first-order valence-corrected chi connectivity index (χ1v) is 7.62. The van der Waals surface area contributed by atoms with E-state index in [1.807, 2.05) is 6.92 Å². The number of carbonyl (C=O) groups excluding carboxylic acids is 1. The number of hydrogen-bond acceptors (Lipinski definition) is 3. The molecule has 1 aromatic carbocycles. The maximum atomic E-state index is 13.6. The molecule has 0 saturated heterocycles. The van der Waals surface area contributed by atoms with Gasteiger partial charge in [0.2, 0.25) is 0 Å². The van der Waals surface area contributed by atoms with E-state index in [1.165, 1.54) is 23.1 Å². The van der Waals surface area contributed by atoms with Crippen LogP contribution in [0.3, 0.4) is 0 Å². The molecule has 126 valence electrons. The number of carboxylic acid groups (broad SMARTS) is 1. The van der Waals surface area contributed by atoms with Crippen molar-refractivity contribution in [2.24, 2.45) is 0 Å². The summed E-state index contributed by atoms with van der Waals surface area (Å²) in [7, 11) is 0. The fraction of sp³-hybridized carbons (Fsp3) is 0.529. The van der Waals surface area contributed by atoms with E-state index in [1.54, 1.807) is 20.8 Å². The number of fused-ring (bicyclic) bond motifs is 1. The molecule has 1 N–H and O–H groups in total. The average molecular weight is 323 g/mol. The Balaban J connectivity index is 2.42. The minimum atomic E-state index is -0.942. The highest BCUT2D eigenvalue weighted by atomic mass is 19.1. The maximum Gasteiger partial charge on any atom is 0.415 e. The number of carbonyl (C=O) groups is 2. The largest absolute Gasteiger partial charge is 0.481 e. The topological polar surface area (TPSA) is 66.8 Å². The number of aliphatic carboxylic acids is 1. The maximum absolute atomic E-state index is 13.6. The van der Waals surface area contributed by atoms with Crippen molar-refractivity contribution in [3.63, 3.8) is 0 Å². The first-order valence-electron chi connectivity index (χ1n) is 7.62. The summed E-state index contributed by atoms with van der Waals surface area (Å²) in [6.45, 7) is 7.17. The standard InChI is InChI=1S/C17H22FNO4/c1-10-7-11(8-15(20)21)13-9-12(18)5-6-14(13)19(10)16(22)23-17(2,3)4/h5-6,9-11H,7-8H2,1-4H3,(H,20,21). The molecular weight excluding hydrogens is 301 g/mol. The van der Waals surface area contributed by atoms with Gasteiger partial charge in [-0.2, -0.15) is 0 Å². The first kappa shape index (κ1) is 17.2. The molecule has 0 radical (unpaired) electrons. The molecule has 0 spiro atoms. The normalized spacial score (nSPS) is 20.8. The second-order valence-corrected chi connectivity index (χ2v) is 6.93. The molecule has 0 fully saturated rings. The summed E-state index contributed by atoms with van der Waals surface area (Å²) < 4.78 is 19.0. The minimum Gasteiger partial charge on any atom is -0.481 e. The zero-order valence-electron chi connectivity index (χ0n) is 13.8. The molecule has 1 aromatic rings. The molecule has 2 atom stereocenters. The van der Waals surface area contributed by atoms with E-state index in [-0.39, 0.29) is 18.4 Å². The smallest absolute Gasteiger partial charge is 0.415 e. The summed E-state index contributed by atoms with van der Waals surface area (Å²) >= 11 is 0. The molecule has 2 rings (SSSR count). The second-order valence-electron chi connectivity index (χ2n) is 6.93. The van der Waals surface area contributed by atoms with Gasteiger partial charge in [0.15, 0.2) is 0 Å². The van der Waals surface area contributed by atoms with Crippen molar-refractivity contribution in [3.05, 3.63) is 29.6 Å². The lowest BCUT2D eigenvalue weighted by atomic mass is 9.84. The van der Waals surface area contributed by atoms with Gasteiger partial charge in [-0.05, 0) is 63.8 Å². The van der Waals surface area contributed by atoms with Gasteiger partial charge < -0.3 is 9.84 Å². The fourth-order valence-corrected chi connectivity index (χ4v) is 2.95. The summed E-state index contributed by atoms with van der Waals surface area (Å²) in [6, 6.07) is 3.87. The molecule has 23 heavy (non-hydrogen) atoms. The third-order valence-electron chi connectivity index (χ3n) is 3.77. The molecule has 1 amide bonds. The zero-order chi connectivity index (χ0) is 17.4. The van der Waals surface area contributed by atoms with E-state index in [0.29, 0.717) is 17.7 Å². The number of nitrogens with zero attached hydrogens (tertiary/aromatic N) is 1. The van der Waals surface area contributed by atoms with E-state index in [9.17, 15) is 14.0 Å². The third-order valence-corrected chi connectivity index (χ3v) is 3.77. The molecule has 1 heterocycles. The molecule has 0 bridgehead atoms. The predicted molar refractivity (Wildman–Crippen MR) is 84.2 cm³/mol. The lowest BCUT2D eigenvalue weighted by molar-refractivity contribution is -0.137. The number of halogens is 1. The van der Waals surface area contributed by atoms with E-state index in [2.05, 4.69) is 0 Å².